The lowest BCUT2D eigenvalue weighted by Gasteiger charge is -2.36. The second-order valence-electron chi connectivity index (χ2n) is 6.76. The average molecular weight is 232 g/mol. The molecule has 0 nitrogen and oxygen atoms in total. The molecule has 0 N–H and O–H groups in total. The van der Waals surface area contributed by atoms with E-state index in [1.165, 1.54) is 41.6 Å². The summed E-state index contributed by atoms with van der Waals surface area (Å²) in [5, 5.41) is 0. The van der Waals surface area contributed by atoms with Crippen LogP contribution in [0.25, 0.3) is 0 Å². The highest BCUT2D eigenvalue weighted by Gasteiger charge is 2.29. The SMILES string of the molecule is C=C1CCC(C(C)(C)C)C/C1=C/C(C)=C(C)C. The van der Waals surface area contributed by atoms with Gasteiger partial charge in [-0.3, -0.25) is 0 Å². The Hall–Kier alpha value is -0.780. The van der Waals surface area contributed by atoms with Gasteiger partial charge in [0.15, 0.2) is 0 Å². The molecule has 0 aromatic rings. The third-order valence-corrected chi connectivity index (χ3v) is 4.12. The summed E-state index contributed by atoms with van der Waals surface area (Å²) in [7, 11) is 0. The normalized spacial score (nSPS) is 24.0. The number of hydrogen-bond donors (Lipinski definition) is 0. The van der Waals surface area contributed by atoms with Gasteiger partial charge in [0, 0.05) is 0 Å². The van der Waals surface area contributed by atoms with Crippen molar-refractivity contribution in [3.05, 3.63) is 34.9 Å². The highest BCUT2D eigenvalue weighted by atomic mass is 14.3. The Balaban J connectivity index is 2.92. The first-order chi connectivity index (χ1) is 7.71. The van der Waals surface area contributed by atoms with Gasteiger partial charge in [0.1, 0.15) is 0 Å². The lowest BCUT2D eigenvalue weighted by Crippen LogP contribution is -2.24. The molecule has 0 heteroatoms. The zero-order chi connectivity index (χ0) is 13.2. The van der Waals surface area contributed by atoms with Crippen LogP contribution >= 0.6 is 0 Å². The molecular weight excluding hydrogens is 204 g/mol. The van der Waals surface area contributed by atoms with Crippen LogP contribution in [0.15, 0.2) is 34.9 Å². The van der Waals surface area contributed by atoms with Gasteiger partial charge in [-0.05, 0) is 56.9 Å². The maximum absolute atomic E-state index is 4.23. The molecule has 0 aliphatic heterocycles. The van der Waals surface area contributed by atoms with Gasteiger partial charge in [0.25, 0.3) is 0 Å². The van der Waals surface area contributed by atoms with Crippen molar-refractivity contribution in [2.75, 3.05) is 0 Å². The molecule has 1 aliphatic carbocycles. The fourth-order valence-corrected chi connectivity index (χ4v) is 2.33. The summed E-state index contributed by atoms with van der Waals surface area (Å²) in [6, 6.07) is 0. The Morgan fingerprint density at radius 2 is 1.82 bits per heavy atom. The van der Waals surface area contributed by atoms with Crippen LogP contribution < -0.4 is 0 Å². The first kappa shape index (κ1) is 14.3. The third kappa shape index (κ3) is 3.87. The molecule has 1 aliphatic rings. The summed E-state index contributed by atoms with van der Waals surface area (Å²) in [5.74, 6) is 0.796. The van der Waals surface area contributed by atoms with Crippen LogP contribution in [-0.2, 0) is 0 Å². The molecule has 1 rings (SSSR count). The monoisotopic (exact) mass is 232 g/mol. The minimum absolute atomic E-state index is 0.415. The minimum atomic E-state index is 0.415. The van der Waals surface area contributed by atoms with Crippen molar-refractivity contribution >= 4 is 0 Å². The summed E-state index contributed by atoms with van der Waals surface area (Å²) in [5.41, 5.74) is 6.05. The Labute approximate surface area is 108 Å². The molecule has 1 unspecified atom stereocenters. The van der Waals surface area contributed by atoms with Crippen LogP contribution in [0.3, 0.4) is 0 Å². The van der Waals surface area contributed by atoms with E-state index in [1.807, 2.05) is 0 Å². The van der Waals surface area contributed by atoms with Crippen LogP contribution in [0.1, 0.15) is 60.8 Å². The van der Waals surface area contributed by atoms with Crippen molar-refractivity contribution in [1.29, 1.82) is 0 Å². The number of rotatable bonds is 1. The van der Waals surface area contributed by atoms with Crippen LogP contribution in [-0.4, -0.2) is 0 Å². The van der Waals surface area contributed by atoms with Gasteiger partial charge in [-0.15, -0.1) is 0 Å². The molecule has 1 atom stereocenters. The maximum Gasteiger partial charge on any atom is -0.0243 e. The smallest absolute Gasteiger partial charge is 0.0243 e. The highest BCUT2D eigenvalue weighted by molar-refractivity contribution is 5.38. The van der Waals surface area contributed by atoms with Crippen LogP contribution in [0.5, 0.6) is 0 Å². The summed E-state index contributed by atoms with van der Waals surface area (Å²) in [6.45, 7) is 17.9. The van der Waals surface area contributed by atoms with E-state index in [1.54, 1.807) is 0 Å². The molecule has 0 radical (unpaired) electrons. The van der Waals surface area contributed by atoms with E-state index < -0.39 is 0 Å². The quantitative estimate of drug-likeness (QED) is 0.546. The average Bonchev–Trinajstić information content (AvgIpc) is 2.19. The molecule has 0 heterocycles. The van der Waals surface area contributed by atoms with Crippen molar-refractivity contribution in [1.82, 2.24) is 0 Å². The number of allylic oxidation sites excluding steroid dienone is 5. The first-order valence-corrected chi connectivity index (χ1v) is 6.74. The zero-order valence-corrected chi connectivity index (χ0v) is 12.5. The molecule has 96 valence electrons. The van der Waals surface area contributed by atoms with Gasteiger partial charge in [0.05, 0.1) is 0 Å². The van der Waals surface area contributed by atoms with Gasteiger partial charge in [-0.25, -0.2) is 0 Å². The van der Waals surface area contributed by atoms with Crippen LogP contribution in [0, 0.1) is 11.3 Å². The Kier molecular flexibility index (Phi) is 4.41. The van der Waals surface area contributed by atoms with E-state index in [0.29, 0.717) is 5.41 Å². The molecular formula is C17H28. The first-order valence-electron chi connectivity index (χ1n) is 6.74. The van der Waals surface area contributed by atoms with Crippen molar-refractivity contribution in [3.8, 4) is 0 Å². The van der Waals surface area contributed by atoms with Crippen molar-refractivity contribution < 1.29 is 0 Å². The molecule has 17 heavy (non-hydrogen) atoms. The molecule has 1 fully saturated rings. The maximum atomic E-state index is 4.23. The zero-order valence-electron chi connectivity index (χ0n) is 12.5. The van der Waals surface area contributed by atoms with E-state index in [4.69, 9.17) is 0 Å². The van der Waals surface area contributed by atoms with Crippen molar-refractivity contribution in [3.63, 3.8) is 0 Å². The molecule has 0 spiro atoms. The molecule has 0 amide bonds. The van der Waals surface area contributed by atoms with E-state index >= 15 is 0 Å². The largest absolute Gasteiger partial charge is 0.0956 e. The minimum Gasteiger partial charge on any atom is -0.0956 e. The molecule has 0 aromatic heterocycles. The Morgan fingerprint density at radius 3 is 2.29 bits per heavy atom. The van der Waals surface area contributed by atoms with Crippen molar-refractivity contribution in [2.24, 2.45) is 11.3 Å². The lowest BCUT2D eigenvalue weighted by molar-refractivity contribution is 0.215. The lowest BCUT2D eigenvalue weighted by atomic mass is 9.69. The molecule has 0 aromatic carbocycles. The van der Waals surface area contributed by atoms with Crippen molar-refractivity contribution in [2.45, 2.75) is 60.8 Å². The predicted octanol–water partition coefficient (Wildman–Crippen LogP) is 5.67. The topological polar surface area (TPSA) is 0 Å². The fraction of sp³-hybridized carbons (Fsp3) is 0.647. The van der Waals surface area contributed by atoms with E-state index in [0.717, 1.165) is 5.92 Å². The number of hydrogen-bond acceptors (Lipinski definition) is 0. The van der Waals surface area contributed by atoms with E-state index in [-0.39, 0.29) is 0 Å². The summed E-state index contributed by atoms with van der Waals surface area (Å²) in [4.78, 5) is 0. The Morgan fingerprint density at radius 1 is 1.24 bits per heavy atom. The molecule has 0 saturated heterocycles. The standard InChI is InChI=1S/C17H28/c1-12(2)14(4)10-15-11-16(17(5,6)7)9-8-13(15)3/h10,16H,3,8-9,11H2,1-2,4-7H3/b15-10-. The fourth-order valence-electron chi connectivity index (χ4n) is 2.33. The summed E-state index contributed by atoms with van der Waals surface area (Å²) < 4.78 is 0. The van der Waals surface area contributed by atoms with Crippen LogP contribution in [0.4, 0.5) is 0 Å². The van der Waals surface area contributed by atoms with Gasteiger partial charge in [0.2, 0.25) is 0 Å². The van der Waals surface area contributed by atoms with Crippen LogP contribution in [0.2, 0.25) is 0 Å². The van der Waals surface area contributed by atoms with Gasteiger partial charge >= 0.3 is 0 Å². The summed E-state index contributed by atoms with van der Waals surface area (Å²) >= 11 is 0. The Bertz CT molecular complexity index is 354. The van der Waals surface area contributed by atoms with Gasteiger partial charge in [-0.1, -0.05) is 50.1 Å². The predicted molar refractivity (Wildman–Crippen MR) is 78.1 cm³/mol. The third-order valence-electron chi connectivity index (χ3n) is 4.12. The van der Waals surface area contributed by atoms with Gasteiger partial charge in [-0.2, -0.15) is 0 Å². The highest BCUT2D eigenvalue weighted by Crippen LogP contribution is 2.42. The molecule has 0 bridgehead atoms. The van der Waals surface area contributed by atoms with E-state index in [2.05, 4.69) is 54.2 Å². The second kappa shape index (κ2) is 5.25. The molecule has 1 saturated carbocycles. The second-order valence-corrected chi connectivity index (χ2v) is 6.76. The van der Waals surface area contributed by atoms with E-state index in [9.17, 15) is 0 Å². The van der Waals surface area contributed by atoms with Gasteiger partial charge < -0.3 is 0 Å². The summed E-state index contributed by atoms with van der Waals surface area (Å²) in [6.07, 6.45) is 6.03.